The molecule has 0 saturated carbocycles. The molecule has 0 aromatic heterocycles. The van der Waals surface area contributed by atoms with Gasteiger partial charge in [0.25, 0.3) is 7.42 Å². The minimum atomic E-state index is -2.92. The Hall–Kier alpha value is -1.93. The quantitative estimate of drug-likeness (QED) is 0.0770. The van der Waals surface area contributed by atoms with Crippen LogP contribution in [0.15, 0.2) is 121 Å². The van der Waals surface area contributed by atoms with Gasteiger partial charge < -0.3 is 4.23 Å². The Balaban J connectivity index is 2.32. The van der Waals surface area contributed by atoms with Crippen LogP contribution in [-0.4, -0.2) is 33.8 Å². The Morgan fingerprint density at radius 2 is 0.844 bits per heavy atom. The first-order chi connectivity index (χ1) is 21.4. The van der Waals surface area contributed by atoms with Gasteiger partial charge in [-0.2, -0.15) is 0 Å². The standard InChI is InChI=1S/C39H53Cl2NSi3/c1-8-9-10-23-32-37(43(40)41)42(44(38(2,3)4,33-24-15-11-16-25-33)34-26-17-12-18-27-34)45(39(5,6)7,35-28-19-13-20-29-35)36-30-21-14-22-31-36/h11-22,24-31,37,43H,8-10,23,32H2,1-7H3. The zero-order valence-electron chi connectivity index (χ0n) is 28.4. The van der Waals surface area contributed by atoms with Crippen molar-refractivity contribution in [2.24, 2.45) is 0 Å². The monoisotopic (exact) mass is 689 g/mol. The molecular formula is C39H53Cl2NSi3. The molecule has 1 nitrogen and oxygen atoms in total. The molecule has 0 saturated heterocycles. The van der Waals surface area contributed by atoms with Gasteiger partial charge in [0, 0.05) is 5.67 Å². The fourth-order valence-corrected chi connectivity index (χ4v) is 29.7. The van der Waals surface area contributed by atoms with Gasteiger partial charge in [0.2, 0.25) is 0 Å². The molecule has 0 heterocycles. The van der Waals surface area contributed by atoms with E-state index in [9.17, 15) is 0 Å². The summed E-state index contributed by atoms with van der Waals surface area (Å²) < 4.78 is 3.14. The Kier molecular flexibility index (Phi) is 12.2. The molecule has 0 aliphatic heterocycles. The molecule has 4 aromatic rings. The number of benzene rings is 4. The van der Waals surface area contributed by atoms with Crippen molar-refractivity contribution < 1.29 is 0 Å². The molecule has 45 heavy (non-hydrogen) atoms. The lowest BCUT2D eigenvalue weighted by Crippen LogP contribution is -2.90. The average Bonchev–Trinajstić information content (AvgIpc) is 3.02. The largest absolute Gasteiger partial charge is 0.328 e. The molecule has 0 spiro atoms. The molecule has 0 amide bonds. The fourth-order valence-electron chi connectivity index (χ4n) is 7.96. The maximum Gasteiger partial charge on any atom is 0.252 e. The molecule has 1 unspecified atom stereocenters. The summed E-state index contributed by atoms with van der Waals surface area (Å²) in [5.74, 6) is 0. The second kappa shape index (κ2) is 15.3. The van der Waals surface area contributed by atoms with Gasteiger partial charge in [0.1, 0.15) is 0 Å². The fraction of sp³-hybridized carbons (Fsp3) is 0.385. The van der Waals surface area contributed by atoms with Crippen LogP contribution < -0.4 is 20.7 Å². The first kappa shape index (κ1) is 35.9. The van der Waals surface area contributed by atoms with E-state index in [0.717, 1.165) is 12.8 Å². The summed E-state index contributed by atoms with van der Waals surface area (Å²) in [6, 6.07) is 45.8. The van der Waals surface area contributed by atoms with Crippen molar-refractivity contribution in [3.63, 3.8) is 0 Å². The molecule has 0 bridgehead atoms. The summed E-state index contributed by atoms with van der Waals surface area (Å²) in [5, 5.41) is 5.50. The van der Waals surface area contributed by atoms with Crippen LogP contribution >= 0.6 is 22.2 Å². The Labute approximate surface area is 287 Å². The molecule has 4 aromatic carbocycles. The van der Waals surface area contributed by atoms with Crippen molar-refractivity contribution in [3.05, 3.63) is 121 Å². The number of unbranched alkanes of at least 4 members (excludes halogenated alkanes) is 3. The van der Waals surface area contributed by atoms with Crippen LogP contribution in [0.5, 0.6) is 0 Å². The van der Waals surface area contributed by atoms with Crippen LogP contribution in [0.25, 0.3) is 0 Å². The highest BCUT2D eigenvalue weighted by Crippen LogP contribution is 2.49. The zero-order valence-corrected chi connectivity index (χ0v) is 33.1. The zero-order chi connectivity index (χ0) is 32.7. The first-order valence-corrected chi connectivity index (χ1v) is 24.8. The van der Waals surface area contributed by atoms with E-state index in [1.54, 1.807) is 0 Å². The van der Waals surface area contributed by atoms with Gasteiger partial charge in [-0.1, -0.05) is 195 Å². The lowest BCUT2D eigenvalue weighted by molar-refractivity contribution is 0.460. The third kappa shape index (κ3) is 7.02. The van der Waals surface area contributed by atoms with Gasteiger partial charge in [-0.25, -0.2) is 0 Å². The highest BCUT2D eigenvalue weighted by molar-refractivity contribution is 7.35. The molecule has 0 N–H and O–H groups in total. The van der Waals surface area contributed by atoms with Crippen LogP contribution in [0.1, 0.15) is 80.6 Å². The Bertz CT molecular complexity index is 1260. The number of nitrogens with zero attached hydrogens (tertiary/aromatic N) is 1. The van der Waals surface area contributed by atoms with Gasteiger partial charge >= 0.3 is 0 Å². The van der Waals surface area contributed by atoms with Crippen molar-refractivity contribution in [3.8, 4) is 0 Å². The summed E-state index contributed by atoms with van der Waals surface area (Å²) in [5.41, 5.74) is 0.0859. The van der Waals surface area contributed by atoms with Gasteiger partial charge in [0.05, 0.1) is 0 Å². The van der Waals surface area contributed by atoms with Crippen LogP contribution in [0, 0.1) is 0 Å². The lowest BCUT2D eigenvalue weighted by atomic mass is 10.1. The second-order valence-corrected chi connectivity index (χ2v) is 29.0. The molecule has 1 atom stereocenters. The molecule has 6 heteroatoms. The highest BCUT2D eigenvalue weighted by atomic mass is 35.7. The molecule has 0 fully saturated rings. The van der Waals surface area contributed by atoms with E-state index in [1.807, 2.05) is 0 Å². The summed E-state index contributed by atoms with van der Waals surface area (Å²) in [6.45, 7) is 17.2. The Morgan fingerprint density at radius 1 is 0.533 bits per heavy atom. The van der Waals surface area contributed by atoms with Gasteiger partial charge in [-0.05, 0) is 37.2 Å². The molecular weight excluding hydrogens is 638 g/mol. The minimum absolute atomic E-state index is 0.0859. The van der Waals surface area contributed by atoms with E-state index in [2.05, 4.69) is 174 Å². The Morgan fingerprint density at radius 3 is 1.09 bits per heavy atom. The summed E-state index contributed by atoms with van der Waals surface area (Å²) in [7, 11) is -8.14. The normalized spacial score (nSPS) is 13.8. The van der Waals surface area contributed by atoms with Crippen LogP contribution in [0.3, 0.4) is 0 Å². The van der Waals surface area contributed by atoms with Crippen molar-refractivity contribution in [2.75, 3.05) is 0 Å². The maximum absolute atomic E-state index is 7.52. The summed E-state index contributed by atoms with van der Waals surface area (Å²) in [4.78, 5) is 0. The van der Waals surface area contributed by atoms with Crippen molar-refractivity contribution in [2.45, 2.75) is 96.3 Å². The van der Waals surface area contributed by atoms with E-state index in [-0.39, 0.29) is 15.7 Å². The molecule has 0 aliphatic rings. The highest BCUT2D eigenvalue weighted by Gasteiger charge is 2.66. The van der Waals surface area contributed by atoms with E-state index in [4.69, 9.17) is 22.2 Å². The average molecular weight is 691 g/mol. The number of hydrogen-bond acceptors (Lipinski definition) is 1. The van der Waals surface area contributed by atoms with Crippen LogP contribution in [-0.2, 0) is 0 Å². The van der Waals surface area contributed by atoms with E-state index < -0.39 is 23.9 Å². The van der Waals surface area contributed by atoms with E-state index in [1.165, 1.54) is 40.0 Å². The summed E-state index contributed by atoms with van der Waals surface area (Å²) in [6.07, 6.45) is 5.80. The van der Waals surface area contributed by atoms with Crippen molar-refractivity contribution in [1.29, 1.82) is 0 Å². The third-order valence-electron chi connectivity index (χ3n) is 9.64. The van der Waals surface area contributed by atoms with Gasteiger partial charge in [0.15, 0.2) is 16.5 Å². The second-order valence-electron chi connectivity index (χ2n) is 14.5. The van der Waals surface area contributed by atoms with E-state index in [0.29, 0.717) is 0 Å². The number of rotatable bonds is 13. The predicted molar refractivity (Wildman–Crippen MR) is 208 cm³/mol. The van der Waals surface area contributed by atoms with Crippen molar-refractivity contribution >= 4 is 66.8 Å². The number of halogens is 2. The van der Waals surface area contributed by atoms with Gasteiger partial charge in [-0.3, -0.25) is 0 Å². The predicted octanol–water partition coefficient (Wildman–Crippen LogP) is 8.98. The smallest absolute Gasteiger partial charge is 0.252 e. The molecule has 0 radical (unpaired) electrons. The van der Waals surface area contributed by atoms with E-state index >= 15 is 0 Å². The van der Waals surface area contributed by atoms with Gasteiger partial charge in [-0.15, -0.1) is 22.2 Å². The molecule has 4 rings (SSSR count). The molecule has 0 aliphatic carbocycles. The molecule has 240 valence electrons. The summed E-state index contributed by atoms with van der Waals surface area (Å²) >= 11 is 15.0. The minimum Gasteiger partial charge on any atom is -0.328 e. The first-order valence-electron chi connectivity index (χ1n) is 16.7. The lowest BCUT2D eigenvalue weighted by Gasteiger charge is -2.64. The van der Waals surface area contributed by atoms with Crippen molar-refractivity contribution in [1.82, 2.24) is 4.23 Å². The topological polar surface area (TPSA) is 3.24 Å². The maximum atomic E-state index is 7.52. The SMILES string of the molecule is CCCCCCC(N([Si](c1ccccc1)(c1ccccc1)C(C)(C)C)[Si](c1ccccc1)(c1ccccc1)C(C)(C)C)[SiH](Cl)Cl. The van der Waals surface area contributed by atoms with Crippen LogP contribution in [0.2, 0.25) is 10.1 Å². The number of hydrogen-bond donors (Lipinski definition) is 0. The third-order valence-corrected chi connectivity index (χ3v) is 26.3. The van der Waals surface area contributed by atoms with Crippen LogP contribution in [0.4, 0.5) is 0 Å².